The Morgan fingerprint density at radius 2 is 2.07 bits per heavy atom. The molecule has 0 bridgehead atoms. The number of nitrogens with one attached hydrogen (secondary N) is 1. The van der Waals surface area contributed by atoms with Gasteiger partial charge in [-0.2, -0.15) is 5.10 Å². The molecule has 5 heteroatoms. The maximum atomic E-state index is 7.45. The molecule has 0 aliphatic heterocycles. The maximum absolute atomic E-state index is 7.45. The Kier molecular flexibility index (Phi) is 2.21. The molecule has 76 valence electrons. The van der Waals surface area contributed by atoms with Gasteiger partial charge in [-0.05, 0) is 12.1 Å². The molecule has 2 heterocycles. The molecule has 2 aromatic heterocycles. The number of nitrogens with zero attached hydrogens (tertiary/aromatic N) is 3. The Labute approximate surface area is 87.1 Å². The molecular formula is C10H11N5. The maximum Gasteiger partial charge on any atom is 0.126 e. The molecule has 15 heavy (non-hydrogen) atoms. The number of amidine groups is 1. The summed E-state index contributed by atoms with van der Waals surface area (Å²) in [5.74, 6) is 0.0231. The zero-order valence-electron chi connectivity index (χ0n) is 8.31. The summed E-state index contributed by atoms with van der Waals surface area (Å²) >= 11 is 0. The van der Waals surface area contributed by atoms with Crippen molar-refractivity contribution >= 4 is 5.84 Å². The molecule has 0 saturated heterocycles. The molecular weight excluding hydrogens is 190 g/mol. The normalized spacial score (nSPS) is 10.2. The summed E-state index contributed by atoms with van der Waals surface area (Å²) in [5, 5.41) is 11.7. The van der Waals surface area contributed by atoms with Gasteiger partial charge in [0.15, 0.2) is 0 Å². The highest BCUT2D eigenvalue weighted by Crippen LogP contribution is 2.20. The van der Waals surface area contributed by atoms with Gasteiger partial charge in [0.2, 0.25) is 0 Å². The van der Waals surface area contributed by atoms with Crippen LogP contribution in [0.2, 0.25) is 0 Å². The van der Waals surface area contributed by atoms with E-state index in [0.29, 0.717) is 11.3 Å². The van der Waals surface area contributed by atoms with Crippen LogP contribution < -0.4 is 5.73 Å². The molecule has 5 nitrogen and oxygen atoms in total. The highest BCUT2D eigenvalue weighted by molar-refractivity contribution is 6.00. The second-order valence-electron chi connectivity index (χ2n) is 3.21. The first kappa shape index (κ1) is 9.39. The molecule has 0 amide bonds. The smallest absolute Gasteiger partial charge is 0.126 e. The summed E-state index contributed by atoms with van der Waals surface area (Å²) in [7, 11) is 1.80. The van der Waals surface area contributed by atoms with Crippen molar-refractivity contribution in [1.82, 2.24) is 14.8 Å². The van der Waals surface area contributed by atoms with E-state index in [0.717, 1.165) is 5.56 Å². The highest BCUT2D eigenvalue weighted by atomic mass is 15.3. The lowest BCUT2D eigenvalue weighted by atomic mass is 10.1. The lowest BCUT2D eigenvalue weighted by Gasteiger charge is -1.98. The average molecular weight is 201 g/mol. The van der Waals surface area contributed by atoms with E-state index in [9.17, 15) is 0 Å². The van der Waals surface area contributed by atoms with Gasteiger partial charge in [0, 0.05) is 31.2 Å². The molecule has 0 unspecified atom stereocenters. The van der Waals surface area contributed by atoms with Gasteiger partial charge in [0.05, 0.1) is 5.56 Å². The monoisotopic (exact) mass is 201 g/mol. The topological polar surface area (TPSA) is 80.6 Å². The number of nitrogen functional groups attached to an aromatic ring is 1. The number of aromatic nitrogens is 3. The highest BCUT2D eigenvalue weighted by Gasteiger charge is 2.11. The molecule has 2 aromatic rings. The van der Waals surface area contributed by atoms with Crippen molar-refractivity contribution in [3.05, 3.63) is 36.3 Å². The van der Waals surface area contributed by atoms with Crippen LogP contribution in [0.4, 0.5) is 0 Å². The van der Waals surface area contributed by atoms with E-state index < -0.39 is 0 Å². The van der Waals surface area contributed by atoms with Crippen LogP contribution in [0.3, 0.4) is 0 Å². The minimum Gasteiger partial charge on any atom is -0.384 e. The summed E-state index contributed by atoms with van der Waals surface area (Å²) in [6.45, 7) is 0. The lowest BCUT2D eigenvalue weighted by Crippen LogP contribution is -2.11. The molecule has 0 aromatic carbocycles. The van der Waals surface area contributed by atoms with Crippen molar-refractivity contribution < 1.29 is 0 Å². The number of aryl methyl sites for hydroxylation is 1. The van der Waals surface area contributed by atoms with E-state index >= 15 is 0 Å². The fourth-order valence-corrected chi connectivity index (χ4v) is 1.41. The molecule has 3 N–H and O–H groups in total. The Morgan fingerprint density at radius 1 is 1.40 bits per heavy atom. The second kappa shape index (κ2) is 3.53. The lowest BCUT2D eigenvalue weighted by molar-refractivity contribution is 0.770. The summed E-state index contributed by atoms with van der Waals surface area (Å²) in [6.07, 6.45) is 5.11. The van der Waals surface area contributed by atoms with Crippen LogP contribution in [0.1, 0.15) is 5.56 Å². The van der Waals surface area contributed by atoms with Crippen molar-refractivity contribution in [2.24, 2.45) is 12.8 Å². The molecule has 0 aliphatic carbocycles. The number of pyridine rings is 1. The van der Waals surface area contributed by atoms with E-state index in [1.54, 1.807) is 30.3 Å². The van der Waals surface area contributed by atoms with Crippen LogP contribution in [0.25, 0.3) is 11.3 Å². The fraction of sp³-hybridized carbons (Fsp3) is 0.100. The van der Waals surface area contributed by atoms with Gasteiger partial charge in [0.1, 0.15) is 11.5 Å². The Hall–Kier alpha value is -2.17. The Morgan fingerprint density at radius 3 is 2.67 bits per heavy atom. The van der Waals surface area contributed by atoms with Crippen LogP contribution in [0.5, 0.6) is 0 Å². The van der Waals surface area contributed by atoms with Crippen molar-refractivity contribution in [2.75, 3.05) is 0 Å². The summed E-state index contributed by atoms with van der Waals surface area (Å²) in [6, 6.07) is 3.68. The Balaban J connectivity index is 2.58. The van der Waals surface area contributed by atoms with Crippen LogP contribution in [-0.2, 0) is 7.05 Å². The standard InChI is InChI=1S/C10H11N5/c1-15-6-8(10(11)12)9(14-15)7-2-4-13-5-3-7/h2-6H,1H3,(H3,11,12). The van der Waals surface area contributed by atoms with Crippen molar-refractivity contribution in [2.45, 2.75) is 0 Å². The number of rotatable bonds is 2. The molecule has 0 fully saturated rings. The van der Waals surface area contributed by atoms with Gasteiger partial charge in [-0.25, -0.2) is 0 Å². The van der Waals surface area contributed by atoms with Crippen molar-refractivity contribution in [3.8, 4) is 11.3 Å². The molecule has 0 saturated carbocycles. The summed E-state index contributed by atoms with van der Waals surface area (Å²) in [4.78, 5) is 3.93. The fourth-order valence-electron chi connectivity index (χ4n) is 1.41. The molecule has 0 aliphatic rings. The summed E-state index contributed by atoms with van der Waals surface area (Å²) < 4.78 is 1.65. The molecule has 0 spiro atoms. The molecule has 0 radical (unpaired) electrons. The SMILES string of the molecule is Cn1cc(C(=N)N)c(-c2ccncc2)n1. The number of hydrogen-bond acceptors (Lipinski definition) is 3. The third kappa shape index (κ3) is 1.71. The minimum atomic E-state index is 0.0231. The first-order valence-electron chi connectivity index (χ1n) is 4.47. The Bertz CT molecular complexity index is 486. The van der Waals surface area contributed by atoms with E-state index in [1.165, 1.54) is 0 Å². The van der Waals surface area contributed by atoms with Gasteiger partial charge in [-0.1, -0.05) is 0 Å². The van der Waals surface area contributed by atoms with Gasteiger partial charge >= 0.3 is 0 Å². The van der Waals surface area contributed by atoms with Crippen LogP contribution in [-0.4, -0.2) is 20.6 Å². The van der Waals surface area contributed by atoms with Crippen LogP contribution in [0.15, 0.2) is 30.7 Å². The average Bonchev–Trinajstić information content (AvgIpc) is 2.62. The minimum absolute atomic E-state index is 0.0231. The second-order valence-corrected chi connectivity index (χ2v) is 3.21. The van der Waals surface area contributed by atoms with E-state index in [1.807, 2.05) is 12.1 Å². The van der Waals surface area contributed by atoms with E-state index in [4.69, 9.17) is 11.1 Å². The zero-order chi connectivity index (χ0) is 10.8. The molecule has 2 rings (SSSR count). The van der Waals surface area contributed by atoms with Crippen LogP contribution in [0, 0.1) is 5.41 Å². The van der Waals surface area contributed by atoms with E-state index in [2.05, 4.69) is 10.1 Å². The van der Waals surface area contributed by atoms with Gasteiger partial charge < -0.3 is 5.73 Å². The quantitative estimate of drug-likeness (QED) is 0.556. The third-order valence-corrected chi connectivity index (χ3v) is 2.07. The zero-order valence-corrected chi connectivity index (χ0v) is 8.31. The van der Waals surface area contributed by atoms with Gasteiger partial charge in [-0.3, -0.25) is 15.1 Å². The van der Waals surface area contributed by atoms with Crippen molar-refractivity contribution in [3.63, 3.8) is 0 Å². The predicted octanol–water partition coefficient (Wildman–Crippen LogP) is 0.766. The third-order valence-electron chi connectivity index (χ3n) is 2.07. The largest absolute Gasteiger partial charge is 0.384 e. The van der Waals surface area contributed by atoms with Gasteiger partial charge in [-0.15, -0.1) is 0 Å². The van der Waals surface area contributed by atoms with Gasteiger partial charge in [0.25, 0.3) is 0 Å². The first-order chi connectivity index (χ1) is 7.18. The summed E-state index contributed by atoms with van der Waals surface area (Å²) in [5.41, 5.74) is 7.75. The van der Waals surface area contributed by atoms with Crippen LogP contribution >= 0.6 is 0 Å². The molecule has 0 atom stereocenters. The van der Waals surface area contributed by atoms with Crippen molar-refractivity contribution in [1.29, 1.82) is 5.41 Å². The van der Waals surface area contributed by atoms with E-state index in [-0.39, 0.29) is 5.84 Å². The predicted molar refractivity (Wildman–Crippen MR) is 57.5 cm³/mol. The first-order valence-corrected chi connectivity index (χ1v) is 4.47. The number of hydrogen-bond donors (Lipinski definition) is 2. The number of nitrogens with two attached hydrogens (primary N) is 1.